The molecule has 3 heterocycles. The summed E-state index contributed by atoms with van der Waals surface area (Å²) >= 11 is 1.42. The van der Waals surface area contributed by atoms with Gasteiger partial charge >= 0.3 is 0 Å². The van der Waals surface area contributed by atoms with Crippen LogP contribution in [-0.2, 0) is 11.3 Å². The van der Waals surface area contributed by atoms with Gasteiger partial charge in [-0.25, -0.2) is 0 Å². The number of ether oxygens (including phenoxy) is 2. The molecule has 1 aliphatic rings. The average molecular weight is 475 g/mol. The van der Waals surface area contributed by atoms with Crippen LogP contribution in [0.4, 0.5) is 0 Å². The fourth-order valence-electron chi connectivity index (χ4n) is 4.31. The van der Waals surface area contributed by atoms with E-state index >= 15 is 0 Å². The first kappa shape index (κ1) is 22.2. The van der Waals surface area contributed by atoms with Crippen LogP contribution in [0.15, 0.2) is 66.2 Å². The van der Waals surface area contributed by atoms with Gasteiger partial charge in [-0.1, -0.05) is 37.3 Å². The van der Waals surface area contributed by atoms with Gasteiger partial charge in [0.1, 0.15) is 6.54 Å². The van der Waals surface area contributed by atoms with E-state index in [4.69, 9.17) is 9.47 Å². The van der Waals surface area contributed by atoms with Gasteiger partial charge in [0.25, 0.3) is 0 Å². The van der Waals surface area contributed by atoms with Gasteiger partial charge in [0.2, 0.25) is 11.7 Å². The maximum absolute atomic E-state index is 13.1. The molecular weight excluding hydrogens is 448 g/mol. The van der Waals surface area contributed by atoms with E-state index < -0.39 is 0 Å². The van der Waals surface area contributed by atoms with Gasteiger partial charge in [0.05, 0.1) is 24.1 Å². The standard InChI is InChI=1S/C27H26N2O4S/c1-2-21(18-10-11-23-24(15-18)33-13-6-12-32-23)28-26(30)17-29-16-20(19-7-3-4-8-22(19)29)27(31)25-9-5-14-34-25/h3-5,7-11,14-16,21H,2,6,12-13,17H2,1H3,(H,28,30)/t21-/m1/s1. The number of amides is 1. The molecule has 174 valence electrons. The number of thiophene rings is 1. The molecule has 1 N–H and O–H groups in total. The van der Waals surface area contributed by atoms with Crippen molar-refractivity contribution >= 4 is 33.9 Å². The van der Waals surface area contributed by atoms with Crippen LogP contribution >= 0.6 is 11.3 Å². The van der Waals surface area contributed by atoms with Gasteiger partial charge in [0, 0.05) is 29.1 Å². The van der Waals surface area contributed by atoms with E-state index in [9.17, 15) is 9.59 Å². The number of fused-ring (bicyclic) bond motifs is 2. The first-order chi connectivity index (χ1) is 16.6. The Morgan fingerprint density at radius 2 is 1.88 bits per heavy atom. The highest BCUT2D eigenvalue weighted by molar-refractivity contribution is 7.12. The monoisotopic (exact) mass is 474 g/mol. The Morgan fingerprint density at radius 3 is 2.68 bits per heavy atom. The number of aromatic nitrogens is 1. The van der Waals surface area contributed by atoms with E-state index in [1.807, 2.05) is 71.5 Å². The molecule has 2 aromatic carbocycles. The van der Waals surface area contributed by atoms with Crippen molar-refractivity contribution in [3.8, 4) is 11.5 Å². The molecule has 0 spiro atoms. The number of nitrogens with zero attached hydrogens (tertiary/aromatic N) is 1. The Hall–Kier alpha value is -3.58. The molecule has 7 heteroatoms. The van der Waals surface area contributed by atoms with Gasteiger partial charge in [-0.2, -0.15) is 0 Å². The largest absolute Gasteiger partial charge is 0.490 e. The molecule has 1 atom stereocenters. The van der Waals surface area contributed by atoms with Crippen LogP contribution in [0.1, 0.15) is 46.6 Å². The molecule has 6 nitrogen and oxygen atoms in total. The fraction of sp³-hybridized carbons (Fsp3) is 0.259. The van der Waals surface area contributed by atoms with Crippen molar-refractivity contribution in [2.24, 2.45) is 0 Å². The molecule has 2 aromatic heterocycles. The normalized spacial score (nSPS) is 13.9. The second-order valence-electron chi connectivity index (χ2n) is 8.28. The SMILES string of the molecule is CC[C@@H](NC(=O)Cn1cc(C(=O)c2cccs2)c2ccccc21)c1ccc2c(c1)OCCCO2. The highest BCUT2D eigenvalue weighted by atomic mass is 32.1. The average Bonchev–Trinajstić information content (AvgIpc) is 3.45. The zero-order valence-electron chi connectivity index (χ0n) is 19.0. The highest BCUT2D eigenvalue weighted by Gasteiger charge is 2.20. The van der Waals surface area contributed by atoms with Gasteiger partial charge in [-0.3, -0.25) is 9.59 Å². The van der Waals surface area contributed by atoms with E-state index in [-0.39, 0.29) is 24.3 Å². The molecule has 4 aromatic rings. The van der Waals surface area contributed by atoms with Crippen LogP contribution in [-0.4, -0.2) is 29.5 Å². The molecule has 0 fully saturated rings. The van der Waals surface area contributed by atoms with Crippen molar-refractivity contribution in [1.29, 1.82) is 0 Å². The lowest BCUT2D eigenvalue weighted by Crippen LogP contribution is -2.31. The zero-order valence-corrected chi connectivity index (χ0v) is 19.8. The van der Waals surface area contributed by atoms with Crippen molar-refractivity contribution in [2.45, 2.75) is 32.4 Å². The van der Waals surface area contributed by atoms with E-state index in [1.54, 1.807) is 6.20 Å². The minimum atomic E-state index is -0.154. The molecular formula is C27H26N2O4S. The first-order valence-electron chi connectivity index (χ1n) is 11.5. The highest BCUT2D eigenvalue weighted by Crippen LogP contribution is 2.33. The molecule has 5 rings (SSSR count). The van der Waals surface area contributed by atoms with Gasteiger partial charge < -0.3 is 19.4 Å². The summed E-state index contributed by atoms with van der Waals surface area (Å²) in [5, 5.41) is 5.89. The Morgan fingerprint density at radius 1 is 1.06 bits per heavy atom. The van der Waals surface area contributed by atoms with Crippen molar-refractivity contribution in [1.82, 2.24) is 9.88 Å². The summed E-state index contributed by atoms with van der Waals surface area (Å²) in [5.74, 6) is 1.32. The summed E-state index contributed by atoms with van der Waals surface area (Å²) in [6, 6.07) is 17.1. The van der Waals surface area contributed by atoms with Gasteiger partial charge in [-0.15, -0.1) is 11.3 Å². The molecule has 0 bridgehead atoms. The third-order valence-corrected chi connectivity index (χ3v) is 6.88. The molecule has 0 aliphatic carbocycles. The van der Waals surface area contributed by atoms with E-state index in [0.717, 1.165) is 40.8 Å². The second-order valence-corrected chi connectivity index (χ2v) is 9.23. The quantitative estimate of drug-likeness (QED) is 0.366. The summed E-state index contributed by atoms with van der Waals surface area (Å²) in [5.41, 5.74) is 2.45. The predicted molar refractivity (Wildman–Crippen MR) is 133 cm³/mol. The topological polar surface area (TPSA) is 69.6 Å². The number of ketones is 1. The smallest absolute Gasteiger partial charge is 0.240 e. The van der Waals surface area contributed by atoms with E-state index in [0.29, 0.717) is 23.7 Å². The summed E-state index contributed by atoms with van der Waals surface area (Å²) in [7, 11) is 0. The maximum Gasteiger partial charge on any atom is 0.240 e. The number of rotatable bonds is 7. The second kappa shape index (κ2) is 9.73. The fourth-order valence-corrected chi connectivity index (χ4v) is 4.99. The molecule has 1 aliphatic heterocycles. The first-order valence-corrected chi connectivity index (χ1v) is 12.4. The molecule has 0 unspecified atom stereocenters. The lowest BCUT2D eigenvalue weighted by atomic mass is 10.0. The van der Waals surface area contributed by atoms with Crippen molar-refractivity contribution in [3.63, 3.8) is 0 Å². The van der Waals surface area contributed by atoms with Crippen LogP contribution in [0.25, 0.3) is 10.9 Å². The van der Waals surface area contributed by atoms with Crippen LogP contribution in [0.3, 0.4) is 0 Å². The van der Waals surface area contributed by atoms with Crippen molar-refractivity contribution in [3.05, 3.63) is 82.2 Å². The van der Waals surface area contributed by atoms with E-state index in [2.05, 4.69) is 5.32 Å². The summed E-state index contributed by atoms with van der Waals surface area (Å²) in [6.07, 6.45) is 3.38. The minimum Gasteiger partial charge on any atom is -0.490 e. The lowest BCUT2D eigenvalue weighted by Gasteiger charge is -2.19. The van der Waals surface area contributed by atoms with Crippen LogP contribution in [0.5, 0.6) is 11.5 Å². The van der Waals surface area contributed by atoms with Gasteiger partial charge in [-0.05, 0) is 41.6 Å². The molecule has 34 heavy (non-hydrogen) atoms. The number of carbonyl (C=O) groups excluding carboxylic acids is 2. The molecule has 1 amide bonds. The van der Waals surface area contributed by atoms with Crippen LogP contribution < -0.4 is 14.8 Å². The number of nitrogens with one attached hydrogen (secondary N) is 1. The van der Waals surface area contributed by atoms with Gasteiger partial charge in [0.15, 0.2) is 11.5 Å². The number of carbonyl (C=O) groups is 2. The Labute approximate surface area is 202 Å². The third-order valence-electron chi connectivity index (χ3n) is 6.01. The zero-order chi connectivity index (χ0) is 23.5. The summed E-state index contributed by atoms with van der Waals surface area (Å²) in [6.45, 7) is 3.42. The summed E-state index contributed by atoms with van der Waals surface area (Å²) < 4.78 is 13.4. The molecule has 0 radical (unpaired) electrons. The summed E-state index contributed by atoms with van der Waals surface area (Å²) in [4.78, 5) is 26.8. The molecule has 0 saturated heterocycles. The Kier molecular flexibility index (Phi) is 6.36. The van der Waals surface area contributed by atoms with E-state index in [1.165, 1.54) is 11.3 Å². The lowest BCUT2D eigenvalue weighted by molar-refractivity contribution is -0.122. The number of hydrogen-bond acceptors (Lipinski definition) is 5. The maximum atomic E-state index is 13.1. The number of para-hydroxylation sites is 1. The minimum absolute atomic E-state index is 0.0241. The van der Waals surface area contributed by atoms with Crippen LogP contribution in [0, 0.1) is 0 Å². The number of hydrogen-bond donors (Lipinski definition) is 1. The van der Waals surface area contributed by atoms with Crippen molar-refractivity contribution < 1.29 is 19.1 Å². The molecule has 0 saturated carbocycles. The Bertz CT molecular complexity index is 1330. The Balaban J connectivity index is 1.36. The van der Waals surface area contributed by atoms with Crippen LogP contribution in [0.2, 0.25) is 0 Å². The predicted octanol–water partition coefficient (Wildman–Crippen LogP) is 5.36. The number of benzene rings is 2. The third kappa shape index (κ3) is 4.43. The van der Waals surface area contributed by atoms with Crippen molar-refractivity contribution in [2.75, 3.05) is 13.2 Å².